The van der Waals surface area contributed by atoms with Crippen LogP contribution < -0.4 is 14.8 Å². The summed E-state index contributed by atoms with van der Waals surface area (Å²) >= 11 is 0. The van der Waals surface area contributed by atoms with Crippen molar-refractivity contribution in [2.75, 3.05) is 32.6 Å². The Hall–Kier alpha value is -3.51. The average Bonchev–Trinajstić information content (AvgIpc) is 3.32. The fraction of sp³-hybridized carbons (Fsp3) is 0.318. The van der Waals surface area contributed by atoms with Crippen molar-refractivity contribution < 1.29 is 31.5 Å². The maximum absolute atomic E-state index is 13.2. The molecule has 0 radical (unpaired) electrons. The minimum atomic E-state index is -3.85. The van der Waals surface area contributed by atoms with E-state index in [2.05, 4.69) is 15.5 Å². The first-order valence-electron chi connectivity index (χ1n) is 10.4. The third kappa shape index (κ3) is 5.02. The van der Waals surface area contributed by atoms with E-state index in [-0.39, 0.29) is 29.9 Å². The van der Waals surface area contributed by atoms with Crippen LogP contribution in [0.15, 0.2) is 51.8 Å². The van der Waals surface area contributed by atoms with Crippen molar-refractivity contribution in [3.63, 3.8) is 0 Å². The molecule has 1 N–H and O–H groups in total. The molecule has 1 fully saturated rings. The number of carbonyl (C=O) groups is 1. The number of hydrogen-bond acceptors (Lipinski definition) is 8. The molecule has 2 aromatic carbocycles. The summed E-state index contributed by atoms with van der Waals surface area (Å²) < 4.78 is 56.3. The summed E-state index contributed by atoms with van der Waals surface area (Å²) in [5.41, 5.74) is 0.540. The van der Waals surface area contributed by atoms with Crippen LogP contribution >= 0.6 is 0 Å². The number of ether oxygens (including phenoxy) is 2. The van der Waals surface area contributed by atoms with Gasteiger partial charge < -0.3 is 13.9 Å². The number of amides is 1. The first-order valence-corrected chi connectivity index (χ1v) is 11.9. The first kappa shape index (κ1) is 23.6. The van der Waals surface area contributed by atoms with Gasteiger partial charge in [0.15, 0.2) is 0 Å². The Morgan fingerprint density at radius 1 is 1.12 bits per heavy atom. The van der Waals surface area contributed by atoms with Crippen molar-refractivity contribution in [2.45, 2.75) is 17.7 Å². The van der Waals surface area contributed by atoms with Crippen molar-refractivity contribution in [3.05, 3.63) is 48.3 Å². The van der Waals surface area contributed by atoms with Crippen LogP contribution in [0.4, 0.5) is 10.4 Å². The highest BCUT2D eigenvalue weighted by Gasteiger charge is 2.34. The molecule has 0 spiro atoms. The fourth-order valence-corrected chi connectivity index (χ4v) is 5.18. The van der Waals surface area contributed by atoms with Gasteiger partial charge in [0.25, 0.3) is 0 Å². The lowest BCUT2D eigenvalue weighted by Crippen LogP contribution is -2.43. The van der Waals surface area contributed by atoms with Gasteiger partial charge in [0.05, 0.1) is 25.0 Å². The van der Waals surface area contributed by atoms with Gasteiger partial charge >= 0.3 is 6.01 Å². The highest BCUT2D eigenvalue weighted by Crippen LogP contribution is 2.30. The molecular weight excluding hydrogens is 467 g/mol. The molecule has 1 unspecified atom stereocenters. The van der Waals surface area contributed by atoms with Crippen LogP contribution in [0.5, 0.6) is 11.5 Å². The number of aromatic nitrogens is 2. The molecule has 0 bridgehead atoms. The molecular formula is C22H23FN4O6S. The summed E-state index contributed by atoms with van der Waals surface area (Å²) in [7, 11) is -0.820. The van der Waals surface area contributed by atoms with Gasteiger partial charge in [0.2, 0.25) is 21.8 Å². The topological polar surface area (TPSA) is 124 Å². The van der Waals surface area contributed by atoms with Gasteiger partial charge in [-0.05, 0) is 49.2 Å². The summed E-state index contributed by atoms with van der Waals surface area (Å²) in [5, 5.41) is 10.4. The molecule has 1 atom stereocenters. The molecule has 2 heterocycles. The number of sulfonamides is 1. The number of anilines is 1. The van der Waals surface area contributed by atoms with Gasteiger partial charge in [-0.15, -0.1) is 5.10 Å². The van der Waals surface area contributed by atoms with Crippen molar-refractivity contribution in [2.24, 2.45) is 5.92 Å². The lowest BCUT2D eigenvalue weighted by Gasteiger charge is -2.30. The van der Waals surface area contributed by atoms with Crippen LogP contribution in [-0.4, -0.2) is 56.1 Å². The van der Waals surface area contributed by atoms with E-state index in [0.29, 0.717) is 29.9 Å². The van der Waals surface area contributed by atoms with Crippen LogP contribution in [-0.2, 0) is 14.8 Å². The van der Waals surface area contributed by atoms with Gasteiger partial charge in [0.1, 0.15) is 17.3 Å². The summed E-state index contributed by atoms with van der Waals surface area (Å²) in [6, 6.07) is 9.54. The average molecular weight is 491 g/mol. The van der Waals surface area contributed by atoms with Crippen LogP contribution in [0.25, 0.3) is 11.5 Å². The zero-order valence-corrected chi connectivity index (χ0v) is 19.3. The molecule has 1 aromatic heterocycles. The predicted molar refractivity (Wildman–Crippen MR) is 119 cm³/mol. The van der Waals surface area contributed by atoms with E-state index in [1.165, 1.54) is 30.7 Å². The first-order chi connectivity index (χ1) is 16.3. The monoisotopic (exact) mass is 490 g/mol. The summed E-state index contributed by atoms with van der Waals surface area (Å²) in [6.45, 7) is 0.255. The zero-order chi connectivity index (χ0) is 24.3. The van der Waals surface area contributed by atoms with E-state index >= 15 is 0 Å². The second kappa shape index (κ2) is 9.77. The second-order valence-electron chi connectivity index (χ2n) is 7.66. The van der Waals surface area contributed by atoms with Crippen molar-refractivity contribution in [1.82, 2.24) is 14.5 Å². The number of piperidine rings is 1. The number of rotatable bonds is 7. The van der Waals surface area contributed by atoms with E-state index in [9.17, 15) is 17.6 Å². The number of hydrogen-bond donors (Lipinski definition) is 1. The third-order valence-corrected chi connectivity index (χ3v) is 7.34. The Morgan fingerprint density at radius 3 is 2.44 bits per heavy atom. The number of methoxy groups -OCH3 is 2. The quantitative estimate of drug-likeness (QED) is 0.536. The predicted octanol–water partition coefficient (Wildman–Crippen LogP) is 2.93. The summed E-state index contributed by atoms with van der Waals surface area (Å²) in [4.78, 5) is 12.8. The normalized spacial score (nSPS) is 16.7. The molecule has 34 heavy (non-hydrogen) atoms. The molecule has 3 aromatic rings. The van der Waals surface area contributed by atoms with E-state index < -0.39 is 27.7 Å². The molecule has 1 saturated heterocycles. The van der Waals surface area contributed by atoms with Crippen LogP contribution in [0, 0.1) is 11.7 Å². The molecule has 0 saturated carbocycles. The zero-order valence-electron chi connectivity index (χ0n) is 18.5. The smallest absolute Gasteiger partial charge is 0.322 e. The Bertz CT molecular complexity index is 1260. The Balaban J connectivity index is 1.45. The van der Waals surface area contributed by atoms with Crippen LogP contribution in [0.1, 0.15) is 12.8 Å². The summed E-state index contributed by atoms with van der Waals surface area (Å²) in [6.07, 6.45) is 0.993. The number of nitrogens with zero attached hydrogens (tertiary/aromatic N) is 3. The number of carbonyl (C=O) groups excluding carboxylic acids is 1. The molecule has 1 amide bonds. The van der Waals surface area contributed by atoms with Crippen LogP contribution in [0.3, 0.4) is 0 Å². The molecule has 180 valence electrons. The number of nitrogens with one attached hydrogen (secondary N) is 1. The molecule has 1 aliphatic heterocycles. The molecule has 4 rings (SSSR count). The highest BCUT2D eigenvalue weighted by molar-refractivity contribution is 7.89. The van der Waals surface area contributed by atoms with Crippen molar-refractivity contribution >= 4 is 21.9 Å². The Kier molecular flexibility index (Phi) is 6.80. The van der Waals surface area contributed by atoms with Gasteiger partial charge in [-0.25, -0.2) is 12.8 Å². The van der Waals surface area contributed by atoms with E-state index in [4.69, 9.17) is 13.9 Å². The SMILES string of the molecule is COc1cc(OC)cc(-c2nnc(NC(=O)C3CCCN(S(=O)(=O)c4ccc(F)cc4)C3)o2)c1. The number of halogens is 1. The lowest BCUT2D eigenvalue weighted by atomic mass is 9.99. The largest absolute Gasteiger partial charge is 0.497 e. The molecule has 1 aliphatic rings. The van der Waals surface area contributed by atoms with E-state index in [0.717, 1.165) is 12.1 Å². The van der Waals surface area contributed by atoms with Gasteiger partial charge in [-0.3, -0.25) is 10.1 Å². The maximum atomic E-state index is 13.2. The minimum Gasteiger partial charge on any atom is -0.497 e. The van der Waals surface area contributed by atoms with Gasteiger partial charge in [0, 0.05) is 24.7 Å². The van der Waals surface area contributed by atoms with Crippen LogP contribution in [0.2, 0.25) is 0 Å². The highest BCUT2D eigenvalue weighted by atomic mass is 32.2. The molecule has 10 nitrogen and oxygen atoms in total. The van der Waals surface area contributed by atoms with Gasteiger partial charge in [-0.1, -0.05) is 5.10 Å². The fourth-order valence-electron chi connectivity index (χ4n) is 3.66. The standard InChI is InChI=1S/C22H23FN4O6S/c1-31-17-10-15(11-18(12-17)32-2)21-25-26-22(33-21)24-20(28)14-4-3-9-27(13-14)34(29,30)19-7-5-16(23)6-8-19/h5-8,10-12,14H,3-4,9,13H2,1-2H3,(H,24,26,28). The van der Waals surface area contributed by atoms with Gasteiger partial charge in [-0.2, -0.15) is 4.31 Å². The Morgan fingerprint density at radius 2 is 1.79 bits per heavy atom. The second-order valence-corrected chi connectivity index (χ2v) is 9.60. The van der Waals surface area contributed by atoms with Crippen molar-refractivity contribution in [3.8, 4) is 23.0 Å². The lowest BCUT2D eigenvalue weighted by molar-refractivity contribution is -0.121. The minimum absolute atomic E-state index is 0.0143. The number of benzene rings is 2. The summed E-state index contributed by atoms with van der Waals surface area (Å²) in [5.74, 6) is -0.364. The maximum Gasteiger partial charge on any atom is 0.322 e. The third-order valence-electron chi connectivity index (χ3n) is 5.46. The molecule has 12 heteroatoms. The van der Waals surface area contributed by atoms with Crippen molar-refractivity contribution in [1.29, 1.82) is 0 Å². The van der Waals surface area contributed by atoms with E-state index in [1.807, 2.05) is 0 Å². The Labute approximate surface area is 195 Å². The molecule has 0 aliphatic carbocycles. The van der Waals surface area contributed by atoms with E-state index in [1.54, 1.807) is 18.2 Å².